The number of rotatable bonds is 4. The highest BCUT2D eigenvalue weighted by Gasteiger charge is 2.00. The predicted octanol–water partition coefficient (Wildman–Crippen LogP) is 0.808. The maximum Gasteiger partial charge on any atom is 0.164 e. The van der Waals surface area contributed by atoms with Gasteiger partial charge >= 0.3 is 0 Å². The summed E-state index contributed by atoms with van der Waals surface area (Å²) in [5, 5.41) is 7.49. The quantitative estimate of drug-likeness (QED) is 0.823. The molecule has 0 aromatic carbocycles. The van der Waals surface area contributed by atoms with E-state index in [-0.39, 0.29) is 0 Å². The van der Waals surface area contributed by atoms with Crippen molar-refractivity contribution in [3.05, 3.63) is 41.7 Å². The summed E-state index contributed by atoms with van der Waals surface area (Å²) in [6.07, 6.45) is 5.39. The van der Waals surface area contributed by atoms with E-state index in [9.17, 15) is 0 Å². The average Bonchev–Trinajstić information content (AvgIpc) is 2.67. The summed E-state index contributed by atoms with van der Waals surface area (Å²) in [7, 11) is 1.86. The van der Waals surface area contributed by atoms with Gasteiger partial charge < -0.3 is 5.32 Å². The molecule has 0 aliphatic heterocycles. The normalized spacial score (nSPS) is 10.6. The van der Waals surface area contributed by atoms with Crippen molar-refractivity contribution in [2.75, 3.05) is 0 Å². The molecule has 0 aliphatic rings. The second-order valence-corrected chi connectivity index (χ2v) is 3.74. The van der Waals surface area contributed by atoms with Gasteiger partial charge in [-0.05, 0) is 24.1 Å². The first kappa shape index (κ1) is 10.8. The lowest BCUT2D eigenvalue weighted by Gasteiger charge is -2.04. The van der Waals surface area contributed by atoms with Crippen LogP contribution >= 0.6 is 0 Å². The molecule has 0 spiro atoms. The zero-order chi connectivity index (χ0) is 11.4. The summed E-state index contributed by atoms with van der Waals surface area (Å²) in [6, 6.07) is 2.01. The first-order valence-corrected chi connectivity index (χ1v) is 5.20. The van der Waals surface area contributed by atoms with Gasteiger partial charge in [0, 0.05) is 26.0 Å². The van der Waals surface area contributed by atoms with Crippen molar-refractivity contribution in [2.45, 2.75) is 20.0 Å². The van der Waals surface area contributed by atoms with Crippen molar-refractivity contribution in [3.8, 4) is 0 Å². The highest BCUT2D eigenvalue weighted by Crippen LogP contribution is 2.04. The Morgan fingerprint density at radius 2 is 2.25 bits per heavy atom. The molecule has 2 aromatic heterocycles. The standard InChI is InChI=1S/C11H15N5/c1-9-3-4-12-5-10(9)6-13-7-11-14-8-16(2)15-11/h3-5,8,13H,6-7H2,1-2H3. The molecule has 0 amide bonds. The van der Waals surface area contributed by atoms with Crippen molar-refractivity contribution >= 4 is 0 Å². The van der Waals surface area contributed by atoms with Crippen molar-refractivity contribution in [2.24, 2.45) is 7.05 Å². The van der Waals surface area contributed by atoms with Crippen LogP contribution in [0.3, 0.4) is 0 Å². The number of nitrogens with one attached hydrogen (secondary N) is 1. The van der Waals surface area contributed by atoms with E-state index in [1.807, 2.05) is 19.3 Å². The van der Waals surface area contributed by atoms with Crippen LogP contribution in [0.4, 0.5) is 0 Å². The summed E-state index contributed by atoms with van der Waals surface area (Å²) >= 11 is 0. The number of pyridine rings is 1. The van der Waals surface area contributed by atoms with Crippen LogP contribution in [0, 0.1) is 6.92 Å². The Morgan fingerprint density at radius 1 is 1.38 bits per heavy atom. The van der Waals surface area contributed by atoms with Gasteiger partial charge in [-0.15, -0.1) is 0 Å². The molecule has 0 saturated heterocycles. The molecule has 0 unspecified atom stereocenters. The van der Waals surface area contributed by atoms with Gasteiger partial charge in [0.1, 0.15) is 6.33 Å². The molecular formula is C11H15N5. The van der Waals surface area contributed by atoms with Crippen LogP contribution in [0.2, 0.25) is 0 Å². The van der Waals surface area contributed by atoms with Crippen molar-refractivity contribution in [1.82, 2.24) is 25.1 Å². The molecule has 2 heterocycles. The van der Waals surface area contributed by atoms with Crippen LogP contribution in [0.1, 0.15) is 17.0 Å². The topological polar surface area (TPSA) is 55.6 Å². The summed E-state index contributed by atoms with van der Waals surface area (Å²) in [5.74, 6) is 0.809. The molecule has 2 rings (SSSR count). The fourth-order valence-corrected chi connectivity index (χ4v) is 1.46. The lowest BCUT2D eigenvalue weighted by molar-refractivity contribution is 0.646. The molecule has 16 heavy (non-hydrogen) atoms. The number of aryl methyl sites for hydroxylation is 2. The van der Waals surface area contributed by atoms with Gasteiger partial charge in [0.15, 0.2) is 5.82 Å². The smallest absolute Gasteiger partial charge is 0.164 e. The minimum absolute atomic E-state index is 0.676. The Morgan fingerprint density at radius 3 is 2.94 bits per heavy atom. The predicted molar refractivity (Wildman–Crippen MR) is 60.5 cm³/mol. The van der Waals surface area contributed by atoms with Crippen LogP contribution in [0.5, 0.6) is 0 Å². The van der Waals surface area contributed by atoms with Crippen molar-refractivity contribution < 1.29 is 0 Å². The van der Waals surface area contributed by atoms with E-state index in [0.717, 1.165) is 12.4 Å². The highest BCUT2D eigenvalue weighted by atomic mass is 15.3. The lowest BCUT2D eigenvalue weighted by Crippen LogP contribution is -2.14. The maximum atomic E-state index is 4.19. The molecular weight excluding hydrogens is 202 g/mol. The minimum atomic E-state index is 0.676. The number of hydrogen-bond donors (Lipinski definition) is 1. The Hall–Kier alpha value is -1.75. The van der Waals surface area contributed by atoms with Gasteiger partial charge in [0.25, 0.3) is 0 Å². The molecule has 84 valence electrons. The molecule has 0 bridgehead atoms. The third-order valence-corrected chi connectivity index (χ3v) is 2.39. The number of hydrogen-bond acceptors (Lipinski definition) is 4. The minimum Gasteiger partial charge on any atom is -0.306 e. The van der Waals surface area contributed by atoms with E-state index in [1.165, 1.54) is 11.1 Å². The van der Waals surface area contributed by atoms with Crippen LogP contribution < -0.4 is 5.32 Å². The van der Waals surface area contributed by atoms with E-state index in [4.69, 9.17) is 0 Å². The van der Waals surface area contributed by atoms with Crippen LogP contribution in [-0.4, -0.2) is 19.7 Å². The van der Waals surface area contributed by atoms with E-state index < -0.39 is 0 Å². The molecule has 0 fully saturated rings. The third kappa shape index (κ3) is 2.64. The molecule has 0 aliphatic carbocycles. The monoisotopic (exact) mass is 217 g/mol. The largest absolute Gasteiger partial charge is 0.306 e. The van der Waals surface area contributed by atoms with Gasteiger partial charge in [0.2, 0.25) is 0 Å². The summed E-state index contributed by atoms with van der Waals surface area (Å²) in [4.78, 5) is 8.24. The fraction of sp³-hybridized carbons (Fsp3) is 0.364. The zero-order valence-electron chi connectivity index (χ0n) is 9.51. The maximum absolute atomic E-state index is 4.19. The Kier molecular flexibility index (Phi) is 3.26. The van der Waals surface area contributed by atoms with Crippen LogP contribution in [0.25, 0.3) is 0 Å². The van der Waals surface area contributed by atoms with Crippen molar-refractivity contribution in [1.29, 1.82) is 0 Å². The van der Waals surface area contributed by atoms with Gasteiger partial charge in [0.05, 0.1) is 6.54 Å². The fourth-order valence-electron chi connectivity index (χ4n) is 1.46. The summed E-state index contributed by atoms with van der Waals surface area (Å²) in [6.45, 7) is 3.55. The molecule has 0 radical (unpaired) electrons. The van der Waals surface area contributed by atoms with Gasteiger partial charge in [-0.3, -0.25) is 9.67 Å². The Bertz CT molecular complexity index is 463. The number of nitrogens with zero attached hydrogens (tertiary/aromatic N) is 4. The first-order chi connectivity index (χ1) is 7.75. The van der Waals surface area contributed by atoms with E-state index >= 15 is 0 Å². The SMILES string of the molecule is Cc1ccncc1CNCc1ncn(C)n1. The van der Waals surface area contributed by atoms with Gasteiger partial charge in [-0.1, -0.05) is 0 Å². The summed E-state index contributed by atoms with van der Waals surface area (Å²) < 4.78 is 1.70. The second kappa shape index (κ2) is 4.85. The third-order valence-electron chi connectivity index (χ3n) is 2.39. The Balaban J connectivity index is 1.87. The molecule has 5 nitrogen and oxygen atoms in total. The first-order valence-electron chi connectivity index (χ1n) is 5.20. The van der Waals surface area contributed by atoms with Crippen LogP contribution in [-0.2, 0) is 20.1 Å². The van der Waals surface area contributed by atoms with Gasteiger partial charge in [-0.2, -0.15) is 5.10 Å². The molecule has 5 heteroatoms. The van der Waals surface area contributed by atoms with Crippen LogP contribution in [0.15, 0.2) is 24.8 Å². The van der Waals surface area contributed by atoms with E-state index in [2.05, 4.69) is 27.3 Å². The van der Waals surface area contributed by atoms with E-state index in [0.29, 0.717) is 6.54 Å². The zero-order valence-corrected chi connectivity index (χ0v) is 9.51. The molecule has 0 atom stereocenters. The summed E-state index contributed by atoms with van der Waals surface area (Å²) in [5.41, 5.74) is 2.45. The van der Waals surface area contributed by atoms with Gasteiger partial charge in [-0.25, -0.2) is 4.98 Å². The average molecular weight is 217 g/mol. The number of aromatic nitrogens is 4. The lowest BCUT2D eigenvalue weighted by atomic mass is 10.1. The molecule has 0 saturated carbocycles. The highest BCUT2D eigenvalue weighted by molar-refractivity contribution is 5.20. The molecule has 2 aromatic rings. The van der Waals surface area contributed by atoms with E-state index in [1.54, 1.807) is 17.2 Å². The second-order valence-electron chi connectivity index (χ2n) is 3.74. The molecule has 1 N–H and O–H groups in total. The Labute approximate surface area is 94.5 Å². The van der Waals surface area contributed by atoms with Crippen molar-refractivity contribution in [3.63, 3.8) is 0 Å².